The molecule has 0 bridgehead atoms. The second-order valence-electron chi connectivity index (χ2n) is 10.0. The van der Waals surface area contributed by atoms with Gasteiger partial charge in [-0.2, -0.15) is 0 Å². The number of carbonyl (C=O) groups is 4. The monoisotopic (exact) mass is 620 g/mol. The minimum Gasteiger partial charge on any atom is -0.505 e. The lowest BCUT2D eigenvalue weighted by Gasteiger charge is -2.50. The van der Waals surface area contributed by atoms with Crippen molar-refractivity contribution in [3.05, 3.63) is 71.6 Å². The molecule has 7 nitrogen and oxygen atoms in total. The first kappa shape index (κ1) is 25.5. The highest BCUT2D eigenvalue weighted by Gasteiger charge is 2.76. The average Bonchev–Trinajstić information content (AvgIpc) is 3.24. The van der Waals surface area contributed by atoms with Gasteiger partial charge in [0.05, 0.1) is 23.0 Å². The predicted octanol–water partition coefficient (Wildman–Crippen LogP) is 4.45. The van der Waals surface area contributed by atoms with Crippen molar-refractivity contribution < 1.29 is 28.7 Å². The van der Waals surface area contributed by atoms with Crippen LogP contribution in [0, 0.1) is 23.6 Å². The van der Waals surface area contributed by atoms with Crippen molar-refractivity contribution in [3.63, 3.8) is 0 Å². The van der Waals surface area contributed by atoms with Crippen molar-refractivity contribution in [2.75, 3.05) is 10.4 Å². The van der Waals surface area contributed by atoms with Crippen molar-refractivity contribution in [2.24, 2.45) is 17.8 Å². The highest BCUT2D eigenvalue weighted by molar-refractivity contribution is 9.09. The molecule has 2 aliphatic heterocycles. The fourth-order valence-electron chi connectivity index (χ4n) is 6.66. The lowest BCUT2D eigenvalue weighted by atomic mass is 9.56. The van der Waals surface area contributed by atoms with Crippen LogP contribution in [0.25, 0.3) is 0 Å². The van der Waals surface area contributed by atoms with Crippen molar-refractivity contribution in [3.8, 4) is 5.75 Å². The Hall–Kier alpha value is -2.75. The fraction of sp³-hybridized carbons (Fsp3) is 0.333. The maximum Gasteiger partial charge on any atom is 0.254 e. The summed E-state index contributed by atoms with van der Waals surface area (Å²) in [5.41, 5.74) is 1.07. The van der Waals surface area contributed by atoms with Crippen LogP contribution in [0.4, 0.5) is 10.1 Å². The molecule has 0 unspecified atom stereocenters. The van der Waals surface area contributed by atoms with Gasteiger partial charge in [0.15, 0.2) is 21.3 Å². The number of imide groups is 2. The Kier molecular flexibility index (Phi) is 5.79. The van der Waals surface area contributed by atoms with E-state index in [0.29, 0.717) is 11.3 Å². The van der Waals surface area contributed by atoms with Crippen molar-refractivity contribution in [1.29, 1.82) is 0 Å². The minimum atomic E-state index is -2.03. The quantitative estimate of drug-likeness (QED) is 0.237. The number of likely N-dealkylation sites (tertiary alicyclic amines) is 1. The number of alkyl halides is 3. The molecule has 6 atom stereocenters. The maximum atomic E-state index is 14.6. The lowest BCUT2D eigenvalue weighted by Crippen LogP contribution is -2.60. The number of nitrogens with zero attached hydrogens (tertiary/aromatic N) is 2. The molecule has 4 aliphatic rings. The molecule has 3 fully saturated rings. The second kappa shape index (κ2) is 8.63. The molecular weight excluding hydrogens is 602 g/mol. The van der Waals surface area contributed by atoms with E-state index in [4.69, 9.17) is 23.2 Å². The minimum absolute atomic E-state index is 0.154. The molecule has 196 valence electrons. The van der Waals surface area contributed by atoms with E-state index in [1.807, 2.05) is 0 Å². The number of phenolic OH excluding ortho intramolecular Hbond substituents is 1. The first-order valence-electron chi connectivity index (χ1n) is 12.0. The standard InChI is InChI=1S/C27H20BrCl2FN2O5/c28-12-32-24(37)26(29)11-17-15(21(27(26,30)25(32)38)13-6-9-19(34)18(31)10-13)7-8-16-20(17)23(36)33(22(16)35)14-4-2-1-3-5-14/h1-7,9-10,16-17,20-21,34H,8,11-12H2/t16-,17+,20-,21-,26+,27-/m0/s1. The van der Waals surface area contributed by atoms with Crippen molar-refractivity contribution in [2.45, 2.75) is 28.5 Å². The van der Waals surface area contributed by atoms with Crippen LogP contribution >= 0.6 is 39.1 Å². The van der Waals surface area contributed by atoms with Gasteiger partial charge in [-0.25, -0.2) is 4.39 Å². The smallest absolute Gasteiger partial charge is 0.254 e. The number of rotatable bonds is 3. The van der Waals surface area contributed by atoms with Crippen LogP contribution in [0.1, 0.15) is 24.3 Å². The molecular formula is C27H20BrCl2FN2O5. The second-order valence-corrected chi connectivity index (χ2v) is 11.8. The number of carbonyl (C=O) groups excluding carboxylic acids is 4. The SMILES string of the molecule is O=C1[C@H]2[C@H](CC=C3[C@H]2C[C@@]2(Cl)C(=O)N(CBr)C(=O)[C@@]2(Cl)[C@H]3c2ccc(O)c(F)c2)C(=O)N1c1ccccc1. The molecule has 2 aromatic rings. The Bertz CT molecular complexity index is 1450. The summed E-state index contributed by atoms with van der Waals surface area (Å²) in [7, 11) is 0. The van der Waals surface area contributed by atoms with Gasteiger partial charge in [-0.1, -0.05) is 51.8 Å². The Labute approximate surface area is 235 Å². The molecule has 6 rings (SSSR count). The number of allylic oxidation sites excluding steroid dienone is 2. The number of amides is 4. The van der Waals surface area contributed by atoms with E-state index >= 15 is 0 Å². The number of aromatic hydroxyl groups is 1. The Morgan fingerprint density at radius 1 is 1.00 bits per heavy atom. The molecule has 11 heteroatoms. The van der Waals surface area contributed by atoms with Crippen LogP contribution in [0.2, 0.25) is 0 Å². The highest BCUT2D eigenvalue weighted by Crippen LogP contribution is 2.65. The number of phenols is 1. The Balaban J connectivity index is 1.53. The molecule has 38 heavy (non-hydrogen) atoms. The largest absolute Gasteiger partial charge is 0.505 e. The molecule has 2 aliphatic carbocycles. The molecule has 0 aromatic heterocycles. The summed E-state index contributed by atoms with van der Waals surface area (Å²) < 4.78 is 14.6. The van der Waals surface area contributed by atoms with E-state index in [0.717, 1.165) is 21.9 Å². The van der Waals surface area contributed by atoms with Gasteiger partial charge < -0.3 is 5.11 Å². The first-order valence-corrected chi connectivity index (χ1v) is 13.9. The Morgan fingerprint density at radius 2 is 1.71 bits per heavy atom. The predicted molar refractivity (Wildman–Crippen MR) is 140 cm³/mol. The summed E-state index contributed by atoms with van der Waals surface area (Å²) in [6, 6.07) is 12.2. The summed E-state index contributed by atoms with van der Waals surface area (Å²) in [4.78, 5) is 52.6. The van der Waals surface area contributed by atoms with Gasteiger partial charge in [0, 0.05) is 5.92 Å². The fourth-order valence-corrected chi connectivity index (χ4v) is 8.09. The van der Waals surface area contributed by atoms with Gasteiger partial charge in [0.25, 0.3) is 11.8 Å². The number of benzene rings is 2. The van der Waals surface area contributed by atoms with E-state index in [9.17, 15) is 28.7 Å². The highest BCUT2D eigenvalue weighted by atomic mass is 79.9. The number of anilines is 1. The summed E-state index contributed by atoms with van der Waals surface area (Å²) in [5.74, 6) is -7.09. The lowest BCUT2D eigenvalue weighted by molar-refractivity contribution is -0.138. The van der Waals surface area contributed by atoms with Gasteiger partial charge in [0.1, 0.15) is 0 Å². The molecule has 2 saturated heterocycles. The van der Waals surface area contributed by atoms with E-state index in [1.165, 1.54) is 6.07 Å². The zero-order valence-corrected chi connectivity index (χ0v) is 22.7. The molecule has 1 saturated carbocycles. The summed E-state index contributed by atoms with van der Waals surface area (Å²) in [5, 5.41) is 9.80. The third-order valence-corrected chi connectivity index (χ3v) is 10.2. The van der Waals surface area contributed by atoms with E-state index in [-0.39, 0.29) is 29.8 Å². The van der Waals surface area contributed by atoms with Gasteiger partial charge in [-0.15, -0.1) is 23.2 Å². The third kappa shape index (κ3) is 3.12. The average molecular weight is 622 g/mol. The Morgan fingerprint density at radius 3 is 2.37 bits per heavy atom. The van der Waals surface area contributed by atoms with Crippen LogP contribution in [0.5, 0.6) is 5.75 Å². The van der Waals surface area contributed by atoms with Crippen LogP contribution in [0.3, 0.4) is 0 Å². The van der Waals surface area contributed by atoms with Gasteiger partial charge in [0.2, 0.25) is 11.8 Å². The zero-order valence-electron chi connectivity index (χ0n) is 19.6. The van der Waals surface area contributed by atoms with Gasteiger partial charge in [-0.05, 0) is 48.6 Å². The number of hydrogen-bond donors (Lipinski definition) is 1. The molecule has 4 amide bonds. The zero-order chi connectivity index (χ0) is 27.1. The van der Waals surface area contributed by atoms with Crippen molar-refractivity contribution >= 4 is 68.4 Å². The molecule has 0 radical (unpaired) electrons. The van der Waals surface area contributed by atoms with E-state index in [1.54, 1.807) is 36.4 Å². The van der Waals surface area contributed by atoms with Crippen LogP contribution < -0.4 is 4.90 Å². The van der Waals surface area contributed by atoms with Gasteiger partial charge in [-0.3, -0.25) is 29.0 Å². The normalized spacial score (nSPS) is 34.3. The van der Waals surface area contributed by atoms with E-state index in [2.05, 4.69) is 15.9 Å². The van der Waals surface area contributed by atoms with Crippen LogP contribution in [-0.4, -0.2) is 48.8 Å². The third-order valence-electron chi connectivity index (χ3n) is 8.33. The molecule has 2 aromatic carbocycles. The summed E-state index contributed by atoms with van der Waals surface area (Å²) >= 11 is 17.3. The number of halogens is 4. The first-order chi connectivity index (χ1) is 18.1. The van der Waals surface area contributed by atoms with E-state index < -0.39 is 62.7 Å². The van der Waals surface area contributed by atoms with Crippen LogP contribution in [-0.2, 0) is 19.2 Å². The van der Waals surface area contributed by atoms with Crippen LogP contribution in [0.15, 0.2) is 60.2 Å². The maximum absolute atomic E-state index is 14.6. The summed E-state index contributed by atoms with van der Waals surface area (Å²) in [6.45, 7) is 0. The molecule has 1 N–H and O–H groups in total. The van der Waals surface area contributed by atoms with Gasteiger partial charge >= 0.3 is 0 Å². The topological polar surface area (TPSA) is 95.0 Å². The molecule has 2 heterocycles. The number of para-hydroxylation sites is 1. The molecule has 0 spiro atoms. The summed E-state index contributed by atoms with van der Waals surface area (Å²) in [6.07, 6.45) is 1.82. The number of hydrogen-bond acceptors (Lipinski definition) is 5. The number of fused-ring (bicyclic) bond motifs is 4. The van der Waals surface area contributed by atoms with Crippen molar-refractivity contribution in [1.82, 2.24) is 4.90 Å².